The zero-order chi connectivity index (χ0) is 24.7. The number of hydrogen-bond acceptors (Lipinski definition) is 3. The molecule has 33 heavy (non-hydrogen) atoms. The van der Waals surface area contributed by atoms with Gasteiger partial charge in [0.15, 0.2) is 0 Å². The first-order chi connectivity index (χ1) is 15.7. The largest absolute Gasteiger partial charge is 0.394 e. The van der Waals surface area contributed by atoms with E-state index < -0.39 is 11.6 Å². The maximum Gasteiger partial charge on any atom is 0.244 e. The number of aliphatic hydroxyl groups is 2. The molecule has 1 saturated carbocycles. The summed E-state index contributed by atoms with van der Waals surface area (Å²) in [4.78, 5) is 12.1. The second kappa shape index (κ2) is 16.1. The standard InChI is InChI=1S/C29H49NO3/c1-6-23(2)18-25(4)20-26(5)19-24(3)14-10-7-8-11-15-28(32)30-27(22-31)21-29(33)16-12-9-13-17-29/h7-8,10-11,14-15,18,23-24,26-27,31,33H,6,9,12-13,16-17,19-22H2,1-5H3,(H,30,32)/b8-7+,14-10+,15-11+,25-18+/t23-,24+,26+,27?/m1/s1. The van der Waals surface area contributed by atoms with Crippen LogP contribution in [0.15, 0.2) is 48.1 Å². The van der Waals surface area contributed by atoms with E-state index in [0.717, 1.165) is 44.9 Å². The predicted octanol–water partition coefficient (Wildman–Crippen LogP) is 6.26. The average molecular weight is 460 g/mol. The molecule has 0 aromatic carbocycles. The Labute approximate surface area is 202 Å². The summed E-state index contributed by atoms with van der Waals surface area (Å²) >= 11 is 0. The molecule has 1 aliphatic rings. The third kappa shape index (κ3) is 13.6. The van der Waals surface area contributed by atoms with Crippen LogP contribution in [0.4, 0.5) is 0 Å². The maximum absolute atomic E-state index is 12.1. The summed E-state index contributed by atoms with van der Waals surface area (Å²) in [5.74, 6) is 1.57. The van der Waals surface area contributed by atoms with Gasteiger partial charge in [0.1, 0.15) is 0 Å². The van der Waals surface area contributed by atoms with E-state index in [0.29, 0.717) is 24.2 Å². The Kier molecular flexibility index (Phi) is 14.3. The highest BCUT2D eigenvalue weighted by molar-refractivity contribution is 5.88. The highest BCUT2D eigenvalue weighted by Crippen LogP contribution is 2.31. The summed E-state index contributed by atoms with van der Waals surface area (Å²) in [6.07, 6.45) is 22.2. The molecule has 1 fully saturated rings. The van der Waals surface area contributed by atoms with E-state index in [1.165, 1.54) is 18.1 Å². The molecule has 0 aromatic rings. The minimum absolute atomic E-state index is 0.163. The molecule has 0 radical (unpaired) electrons. The van der Waals surface area contributed by atoms with E-state index in [1.54, 1.807) is 6.08 Å². The molecule has 0 heterocycles. The Morgan fingerprint density at radius 2 is 1.70 bits per heavy atom. The Morgan fingerprint density at radius 1 is 1.03 bits per heavy atom. The number of rotatable bonds is 14. The summed E-state index contributed by atoms with van der Waals surface area (Å²) in [5.41, 5.74) is 0.734. The number of aliphatic hydroxyl groups excluding tert-OH is 1. The van der Waals surface area contributed by atoms with Gasteiger partial charge in [-0.15, -0.1) is 0 Å². The quantitative estimate of drug-likeness (QED) is 0.163. The fourth-order valence-corrected chi connectivity index (χ4v) is 4.83. The summed E-state index contributed by atoms with van der Waals surface area (Å²) in [6, 6.07) is -0.416. The van der Waals surface area contributed by atoms with E-state index in [9.17, 15) is 15.0 Å². The fraction of sp³-hybridized carbons (Fsp3) is 0.690. The molecule has 1 amide bonds. The number of carbonyl (C=O) groups excluding carboxylic acids is 1. The monoisotopic (exact) mass is 459 g/mol. The molecule has 4 atom stereocenters. The van der Waals surface area contributed by atoms with Crippen LogP contribution in [0.1, 0.15) is 92.4 Å². The van der Waals surface area contributed by atoms with Gasteiger partial charge in [-0.3, -0.25) is 4.79 Å². The molecular formula is C29H49NO3. The molecule has 3 N–H and O–H groups in total. The molecule has 0 aromatic heterocycles. The first kappa shape index (κ1) is 29.4. The van der Waals surface area contributed by atoms with Gasteiger partial charge in [-0.2, -0.15) is 0 Å². The first-order valence-corrected chi connectivity index (χ1v) is 13.0. The zero-order valence-corrected chi connectivity index (χ0v) is 21.7. The second-order valence-corrected chi connectivity index (χ2v) is 10.4. The van der Waals surface area contributed by atoms with Crippen LogP contribution in [-0.4, -0.2) is 34.4 Å². The molecule has 1 unspecified atom stereocenters. The summed E-state index contributed by atoms with van der Waals surface area (Å²) in [6.45, 7) is 11.2. The molecule has 0 bridgehead atoms. The lowest BCUT2D eigenvalue weighted by Crippen LogP contribution is -2.44. The Morgan fingerprint density at radius 3 is 2.33 bits per heavy atom. The van der Waals surface area contributed by atoms with Crippen molar-refractivity contribution in [2.75, 3.05) is 6.61 Å². The third-order valence-electron chi connectivity index (χ3n) is 6.66. The van der Waals surface area contributed by atoms with Crippen molar-refractivity contribution in [1.82, 2.24) is 5.32 Å². The fourth-order valence-electron chi connectivity index (χ4n) is 4.83. The van der Waals surface area contributed by atoms with Crippen molar-refractivity contribution < 1.29 is 15.0 Å². The van der Waals surface area contributed by atoms with Gasteiger partial charge < -0.3 is 15.5 Å². The summed E-state index contributed by atoms with van der Waals surface area (Å²) in [5, 5.41) is 23.0. The minimum Gasteiger partial charge on any atom is -0.394 e. The number of carbonyl (C=O) groups is 1. The lowest BCUT2D eigenvalue weighted by Gasteiger charge is -2.34. The van der Waals surface area contributed by atoms with Crippen LogP contribution in [0.2, 0.25) is 0 Å². The van der Waals surface area contributed by atoms with E-state index >= 15 is 0 Å². The molecule has 4 heteroatoms. The van der Waals surface area contributed by atoms with Crippen LogP contribution in [0, 0.1) is 17.8 Å². The number of nitrogens with one attached hydrogen (secondary N) is 1. The molecule has 0 saturated heterocycles. The van der Waals surface area contributed by atoms with Gasteiger partial charge in [0.05, 0.1) is 18.2 Å². The van der Waals surface area contributed by atoms with Gasteiger partial charge in [-0.05, 0) is 56.8 Å². The van der Waals surface area contributed by atoms with E-state index in [1.807, 2.05) is 18.2 Å². The lowest BCUT2D eigenvalue weighted by atomic mass is 9.80. The summed E-state index contributed by atoms with van der Waals surface area (Å²) in [7, 11) is 0. The SMILES string of the molecule is CC[C@@H](C)/C=C(\C)C[C@@H](C)C[C@@H](C)/C=C/C=C/C=C/C(=O)NC(CO)CC1(O)CCCCC1. The van der Waals surface area contributed by atoms with Crippen LogP contribution in [0.3, 0.4) is 0 Å². The molecule has 1 rings (SSSR count). The molecule has 188 valence electrons. The number of amides is 1. The van der Waals surface area contributed by atoms with Crippen molar-refractivity contribution in [3.05, 3.63) is 48.1 Å². The normalized spacial score (nSPS) is 20.9. The topological polar surface area (TPSA) is 69.6 Å². The Bertz CT molecular complexity index is 670. The van der Waals surface area contributed by atoms with Crippen LogP contribution in [0.25, 0.3) is 0 Å². The van der Waals surface area contributed by atoms with E-state index in [4.69, 9.17) is 0 Å². The Hall–Kier alpha value is -1.65. The van der Waals surface area contributed by atoms with Crippen LogP contribution >= 0.6 is 0 Å². The molecule has 4 nitrogen and oxygen atoms in total. The third-order valence-corrected chi connectivity index (χ3v) is 6.66. The number of hydrogen-bond donors (Lipinski definition) is 3. The molecule has 0 spiro atoms. The van der Waals surface area contributed by atoms with Crippen LogP contribution in [0.5, 0.6) is 0 Å². The molecule has 1 aliphatic carbocycles. The van der Waals surface area contributed by atoms with E-state index in [-0.39, 0.29) is 12.5 Å². The maximum atomic E-state index is 12.1. The van der Waals surface area contributed by atoms with Gasteiger partial charge in [0.2, 0.25) is 5.91 Å². The number of allylic oxidation sites excluding steroid dienone is 7. The average Bonchev–Trinajstić information content (AvgIpc) is 2.75. The highest BCUT2D eigenvalue weighted by atomic mass is 16.3. The minimum atomic E-state index is -0.759. The van der Waals surface area contributed by atoms with Crippen molar-refractivity contribution >= 4 is 5.91 Å². The second-order valence-electron chi connectivity index (χ2n) is 10.4. The smallest absolute Gasteiger partial charge is 0.244 e. The molecular weight excluding hydrogens is 410 g/mol. The van der Waals surface area contributed by atoms with Crippen LogP contribution < -0.4 is 5.32 Å². The highest BCUT2D eigenvalue weighted by Gasteiger charge is 2.32. The van der Waals surface area contributed by atoms with Gasteiger partial charge >= 0.3 is 0 Å². The van der Waals surface area contributed by atoms with Crippen molar-refractivity contribution in [3.63, 3.8) is 0 Å². The predicted molar refractivity (Wildman–Crippen MR) is 140 cm³/mol. The van der Waals surface area contributed by atoms with Gasteiger partial charge in [-0.25, -0.2) is 0 Å². The van der Waals surface area contributed by atoms with Gasteiger partial charge in [0, 0.05) is 6.08 Å². The van der Waals surface area contributed by atoms with Crippen molar-refractivity contribution in [2.24, 2.45) is 17.8 Å². The zero-order valence-electron chi connectivity index (χ0n) is 21.7. The summed E-state index contributed by atoms with van der Waals surface area (Å²) < 4.78 is 0. The van der Waals surface area contributed by atoms with E-state index in [2.05, 4.69) is 52.1 Å². The van der Waals surface area contributed by atoms with Crippen molar-refractivity contribution in [2.45, 2.75) is 104 Å². The molecule has 0 aliphatic heterocycles. The van der Waals surface area contributed by atoms with Crippen molar-refractivity contribution in [3.8, 4) is 0 Å². The van der Waals surface area contributed by atoms with Crippen molar-refractivity contribution in [1.29, 1.82) is 0 Å². The lowest BCUT2D eigenvalue weighted by molar-refractivity contribution is -0.118. The van der Waals surface area contributed by atoms with Gasteiger partial charge in [-0.1, -0.05) is 95.4 Å². The van der Waals surface area contributed by atoms with Gasteiger partial charge in [0.25, 0.3) is 0 Å². The first-order valence-electron chi connectivity index (χ1n) is 13.0. The Balaban J connectivity index is 2.36. The van der Waals surface area contributed by atoms with Crippen LogP contribution in [-0.2, 0) is 4.79 Å².